The van der Waals surface area contributed by atoms with Crippen molar-refractivity contribution in [3.63, 3.8) is 0 Å². The van der Waals surface area contributed by atoms with Crippen molar-refractivity contribution in [1.82, 2.24) is 0 Å². The number of benzene rings is 2. The summed E-state index contributed by atoms with van der Waals surface area (Å²) in [5.41, 5.74) is 1.12. The molecular weight excluding hydrogens is 460 g/mol. The lowest BCUT2D eigenvalue weighted by Gasteiger charge is -2.40. The van der Waals surface area contributed by atoms with E-state index in [0.29, 0.717) is 11.5 Å². The summed E-state index contributed by atoms with van der Waals surface area (Å²) >= 11 is 0. The molecule has 0 aliphatic rings. The van der Waals surface area contributed by atoms with Gasteiger partial charge in [-0.15, -0.1) is 0 Å². The summed E-state index contributed by atoms with van der Waals surface area (Å²) in [6.45, 7) is 20.2. The van der Waals surface area contributed by atoms with Crippen LogP contribution in [0.15, 0.2) is 48.5 Å². The van der Waals surface area contributed by atoms with Crippen LogP contribution in [-0.4, -0.2) is 11.9 Å². The highest BCUT2D eigenvalue weighted by molar-refractivity contribution is 5.78. The van der Waals surface area contributed by atoms with Crippen molar-refractivity contribution in [2.24, 2.45) is 16.2 Å². The fourth-order valence-electron chi connectivity index (χ4n) is 4.53. The fourth-order valence-corrected chi connectivity index (χ4v) is 4.53. The highest BCUT2D eigenvalue weighted by atomic mass is 16.5. The minimum atomic E-state index is -0.562. The summed E-state index contributed by atoms with van der Waals surface area (Å²) in [4.78, 5) is 24.8. The molecule has 2 aromatic rings. The van der Waals surface area contributed by atoms with Gasteiger partial charge in [0, 0.05) is 5.41 Å². The van der Waals surface area contributed by atoms with Crippen LogP contribution in [-0.2, 0) is 15.0 Å². The van der Waals surface area contributed by atoms with Crippen LogP contribution in [0.4, 0.5) is 0 Å². The van der Waals surface area contributed by atoms with Gasteiger partial charge in [0.2, 0.25) is 0 Å². The molecule has 37 heavy (non-hydrogen) atoms. The number of carbonyl (C=O) groups excluding carboxylic acids is 2. The third-order valence-corrected chi connectivity index (χ3v) is 6.50. The van der Waals surface area contributed by atoms with E-state index in [4.69, 9.17) is 9.47 Å². The molecule has 204 valence electrons. The number of hydrogen-bond donors (Lipinski definition) is 0. The normalized spacial score (nSPS) is 12.8. The fraction of sp³-hybridized carbons (Fsp3) is 0.576. The second-order valence-corrected chi connectivity index (χ2v) is 13.6. The van der Waals surface area contributed by atoms with Gasteiger partial charge in [-0.1, -0.05) is 71.2 Å². The summed E-state index contributed by atoms with van der Waals surface area (Å²) < 4.78 is 11.3. The summed E-state index contributed by atoms with van der Waals surface area (Å²) in [5, 5.41) is 0. The van der Waals surface area contributed by atoms with Gasteiger partial charge in [0.05, 0.1) is 10.8 Å². The van der Waals surface area contributed by atoms with E-state index < -0.39 is 10.8 Å². The van der Waals surface area contributed by atoms with E-state index in [1.807, 2.05) is 65.8 Å². The molecule has 0 saturated carbocycles. The number of esters is 2. The lowest BCUT2D eigenvalue weighted by Crippen LogP contribution is -2.33. The molecule has 0 bridgehead atoms. The molecule has 0 atom stereocenters. The number of carbonyl (C=O) groups is 2. The van der Waals surface area contributed by atoms with Crippen LogP contribution < -0.4 is 9.47 Å². The van der Waals surface area contributed by atoms with Crippen LogP contribution in [0.2, 0.25) is 0 Å². The molecular formula is C33H48O4. The van der Waals surface area contributed by atoms with Gasteiger partial charge in [0.15, 0.2) is 0 Å². The Labute approximate surface area is 225 Å². The Bertz CT molecular complexity index is 955. The number of unbranched alkanes of at least 4 members (excludes halogenated alkanes) is 2. The molecule has 0 heterocycles. The molecule has 0 amide bonds. The Hall–Kier alpha value is -2.62. The molecule has 4 nitrogen and oxygen atoms in total. The van der Waals surface area contributed by atoms with Crippen LogP contribution in [0.5, 0.6) is 11.5 Å². The molecule has 0 saturated heterocycles. The van der Waals surface area contributed by atoms with Gasteiger partial charge in [-0.25, -0.2) is 0 Å². The third-order valence-electron chi connectivity index (χ3n) is 6.50. The Kier molecular flexibility index (Phi) is 9.79. The van der Waals surface area contributed by atoms with Crippen molar-refractivity contribution in [2.45, 2.75) is 107 Å². The van der Waals surface area contributed by atoms with Gasteiger partial charge in [-0.2, -0.15) is 0 Å². The molecule has 0 aromatic heterocycles. The summed E-state index contributed by atoms with van der Waals surface area (Å²) in [7, 11) is 0. The average molecular weight is 509 g/mol. The van der Waals surface area contributed by atoms with Crippen molar-refractivity contribution >= 4 is 11.9 Å². The molecule has 4 heteroatoms. The monoisotopic (exact) mass is 508 g/mol. The average Bonchev–Trinajstić information content (AvgIpc) is 2.77. The summed E-state index contributed by atoms with van der Waals surface area (Å²) in [6, 6.07) is 16.1. The summed E-state index contributed by atoms with van der Waals surface area (Å²) in [5.74, 6) is 0.631. The summed E-state index contributed by atoms with van der Waals surface area (Å²) in [6.07, 6.45) is 5.36. The topological polar surface area (TPSA) is 52.6 Å². The second kappa shape index (κ2) is 11.8. The Morgan fingerprint density at radius 2 is 1.00 bits per heavy atom. The van der Waals surface area contributed by atoms with Crippen LogP contribution in [0, 0.1) is 16.2 Å². The minimum Gasteiger partial charge on any atom is -0.426 e. The van der Waals surface area contributed by atoms with Gasteiger partial charge in [-0.3, -0.25) is 9.59 Å². The largest absolute Gasteiger partial charge is 0.426 e. The predicted octanol–water partition coefficient (Wildman–Crippen LogP) is 8.89. The van der Waals surface area contributed by atoms with E-state index in [1.54, 1.807) is 0 Å². The maximum atomic E-state index is 12.4. The van der Waals surface area contributed by atoms with Crippen molar-refractivity contribution < 1.29 is 19.1 Å². The van der Waals surface area contributed by atoms with Gasteiger partial charge in [0.1, 0.15) is 11.5 Å². The number of ether oxygens (including phenoxy) is 2. The van der Waals surface area contributed by atoms with Crippen molar-refractivity contribution in [3.8, 4) is 11.5 Å². The van der Waals surface area contributed by atoms with Crippen molar-refractivity contribution in [1.29, 1.82) is 0 Å². The second-order valence-electron chi connectivity index (χ2n) is 13.6. The van der Waals surface area contributed by atoms with Crippen molar-refractivity contribution in [3.05, 3.63) is 59.7 Å². The van der Waals surface area contributed by atoms with Gasteiger partial charge in [0.25, 0.3) is 0 Å². The zero-order valence-electron chi connectivity index (χ0n) is 24.8. The highest BCUT2D eigenvalue weighted by Gasteiger charge is 2.38. The van der Waals surface area contributed by atoms with Crippen LogP contribution in [0.1, 0.15) is 112 Å². The van der Waals surface area contributed by atoms with Crippen LogP contribution in [0.25, 0.3) is 0 Å². The van der Waals surface area contributed by atoms with Gasteiger partial charge < -0.3 is 9.47 Å². The van der Waals surface area contributed by atoms with Gasteiger partial charge in [-0.05, 0) is 95.2 Å². The first-order valence-corrected chi connectivity index (χ1v) is 13.6. The number of hydrogen-bond acceptors (Lipinski definition) is 4. The Morgan fingerprint density at radius 1 is 0.622 bits per heavy atom. The quantitative estimate of drug-likeness (QED) is 0.193. The smallest absolute Gasteiger partial charge is 0.316 e. The SMILES string of the molecule is CCCCCC(CC(C)(C)C)(c1ccc(OC(=O)C(C)(C)C)cc1)c1ccc(OC(=O)C(C)(C)C)cc1. The Morgan fingerprint density at radius 3 is 1.30 bits per heavy atom. The standard InChI is InChI=1S/C33H48O4/c1-11-12-13-22-33(23-30(2,3)4,24-14-18-26(19-15-24)36-28(34)31(5,6)7)25-16-20-27(21-17-25)37-29(35)32(8,9)10/h14-21H,11-13,22-23H2,1-10H3. The third kappa shape index (κ3) is 8.72. The molecule has 0 spiro atoms. The van der Waals surface area contributed by atoms with E-state index in [2.05, 4.69) is 52.0 Å². The van der Waals surface area contributed by atoms with E-state index in [9.17, 15) is 9.59 Å². The molecule has 0 aliphatic carbocycles. The minimum absolute atomic E-state index is 0.0704. The van der Waals surface area contributed by atoms with Crippen molar-refractivity contribution in [2.75, 3.05) is 0 Å². The zero-order valence-corrected chi connectivity index (χ0v) is 24.8. The predicted molar refractivity (Wildman–Crippen MR) is 152 cm³/mol. The molecule has 2 aromatic carbocycles. The Balaban J connectivity index is 2.53. The van der Waals surface area contributed by atoms with E-state index in [0.717, 1.165) is 32.1 Å². The first kappa shape index (κ1) is 30.6. The molecule has 0 N–H and O–H groups in total. The number of rotatable bonds is 9. The van der Waals surface area contributed by atoms with Crippen LogP contribution >= 0.6 is 0 Å². The van der Waals surface area contributed by atoms with E-state index >= 15 is 0 Å². The van der Waals surface area contributed by atoms with Crippen LogP contribution in [0.3, 0.4) is 0 Å². The van der Waals surface area contributed by atoms with Gasteiger partial charge >= 0.3 is 11.9 Å². The highest BCUT2D eigenvalue weighted by Crippen LogP contribution is 2.46. The molecule has 0 unspecified atom stereocenters. The first-order valence-electron chi connectivity index (χ1n) is 13.6. The van der Waals surface area contributed by atoms with E-state index in [1.165, 1.54) is 11.1 Å². The van der Waals surface area contributed by atoms with E-state index in [-0.39, 0.29) is 22.8 Å². The molecule has 0 fully saturated rings. The molecule has 2 rings (SSSR count). The maximum Gasteiger partial charge on any atom is 0.316 e. The first-order chi connectivity index (χ1) is 17.0. The molecule has 0 radical (unpaired) electrons. The zero-order chi connectivity index (χ0) is 28.1. The lowest BCUT2D eigenvalue weighted by molar-refractivity contribution is -0.143. The maximum absolute atomic E-state index is 12.4. The lowest BCUT2D eigenvalue weighted by atomic mass is 9.63. The molecule has 0 aliphatic heterocycles.